The smallest absolute Gasteiger partial charge is 0.279 e. The van der Waals surface area contributed by atoms with Gasteiger partial charge in [0.1, 0.15) is 6.04 Å². The first-order chi connectivity index (χ1) is 11.6. The molecule has 0 spiro atoms. The fourth-order valence-electron chi connectivity index (χ4n) is 3.93. The van der Waals surface area contributed by atoms with Crippen LogP contribution in [0.4, 0.5) is 5.69 Å². The molecule has 1 fully saturated rings. The van der Waals surface area contributed by atoms with Crippen LogP contribution in [0.15, 0.2) is 29.6 Å². The van der Waals surface area contributed by atoms with Gasteiger partial charge in [0.15, 0.2) is 6.54 Å². The molecule has 1 saturated carbocycles. The number of fused-ring (bicyclic) bond motifs is 1. The quantitative estimate of drug-likeness (QED) is 0.881. The molecule has 1 amide bonds. The van der Waals surface area contributed by atoms with Crippen LogP contribution >= 0.6 is 11.3 Å². The van der Waals surface area contributed by atoms with E-state index in [1.54, 1.807) is 4.88 Å². The highest BCUT2D eigenvalue weighted by atomic mass is 32.1. The van der Waals surface area contributed by atoms with Crippen LogP contribution in [0, 0.1) is 19.8 Å². The van der Waals surface area contributed by atoms with Gasteiger partial charge in [-0.05, 0) is 61.4 Å². The van der Waals surface area contributed by atoms with Crippen molar-refractivity contribution in [3.63, 3.8) is 0 Å². The Balaban J connectivity index is 1.46. The minimum absolute atomic E-state index is 0.137. The van der Waals surface area contributed by atoms with E-state index in [0.29, 0.717) is 12.6 Å². The lowest BCUT2D eigenvalue weighted by molar-refractivity contribution is -0.928. The van der Waals surface area contributed by atoms with Gasteiger partial charge in [-0.2, -0.15) is 0 Å². The third-order valence-corrected chi connectivity index (χ3v) is 6.50. The molecule has 2 aliphatic rings. The molecule has 0 radical (unpaired) electrons. The molecule has 3 nitrogen and oxygen atoms in total. The van der Waals surface area contributed by atoms with Crippen molar-refractivity contribution in [1.29, 1.82) is 0 Å². The van der Waals surface area contributed by atoms with E-state index >= 15 is 0 Å². The van der Waals surface area contributed by atoms with Gasteiger partial charge in [0.05, 0.1) is 6.54 Å². The van der Waals surface area contributed by atoms with Crippen molar-refractivity contribution < 1.29 is 9.69 Å². The topological polar surface area (TPSA) is 33.5 Å². The zero-order valence-corrected chi connectivity index (χ0v) is 15.2. The maximum atomic E-state index is 12.6. The Labute approximate surface area is 147 Å². The first-order valence-electron chi connectivity index (χ1n) is 8.90. The molecule has 4 heteroatoms. The second-order valence-electron chi connectivity index (χ2n) is 7.30. The van der Waals surface area contributed by atoms with Crippen molar-refractivity contribution in [3.8, 4) is 0 Å². The molecule has 2 aromatic rings. The van der Waals surface area contributed by atoms with Crippen LogP contribution in [0.25, 0.3) is 0 Å². The molecule has 4 rings (SSSR count). The number of carbonyl (C=O) groups excluding carboxylic acids is 1. The summed E-state index contributed by atoms with van der Waals surface area (Å²) in [4.78, 5) is 15.6. The van der Waals surface area contributed by atoms with E-state index in [1.807, 2.05) is 17.4 Å². The third kappa shape index (κ3) is 3.13. The Morgan fingerprint density at radius 1 is 1.25 bits per heavy atom. The van der Waals surface area contributed by atoms with E-state index < -0.39 is 0 Å². The Morgan fingerprint density at radius 2 is 2.08 bits per heavy atom. The highest BCUT2D eigenvalue weighted by Gasteiger charge is 2.43. The summed E-state index contributed by atoms with van der Waals surface area (Å²) in [7, 11) is 0. The Hall–Kier alpha value is -1.65. The molecule has 1 aliphatic carbocycles. The summed E-state index contributed by atoms with van der Waals surface area (Å²) in [6.45, 7) is 5.83. The number of nitrogens with one attached hydrogen (secondary N) is 2. The fourth-order valence-corrected chi connectivity index (χ4v) is 4.86. The number of benzene rings is 1. The predicted molar refractivity (Wildman–Crippen MR) is 98.7 cm³/mol. The number of anilines is 1. The van der Waals surface area contributed by atoms with Crippen LogP contribution < -0.4 is 10.2 Å². The van der Waals surface area contributed by atoms with Gasteiger partial charge in [-0.1, -0.05) is 6.07 Å². The molecular weight excluding hydrogens is 316 g/mol. The van der Waals surface area contributed by atoms with Crippen molar-refractivity contribution in [3.05, 3.63) is 51.2 Å². The van der Waals surface area contributed by atoms with Crippen molar-refractivity contribution in [2.75, 3.05) is 18.4 Å². The lowest BCUT2D eigenvalue weighted by Crippen LogP contribution is -3.14. The molecule has 1 unspecified atom stereocenters. The number of quaternary nitrogens is 1. The van der Waals surface area contributed by atoms with Gasteiger partial charge in [-0.25, -0.2) is 0 Å². The van der Waals surface area contributed by atoms with Crippen LogP contribution in [-0.2, 0) is 11.2 Å². The van der Waals surface area contributed by atoms with Crippen molar-refractivity contribution in [1.82, 2.24) is 0 Å². The molecular formula is C20H25N2OS+. The second-order valence-corrected chi connectivity index (χ2v) is 8.30. The first-order valence-corrected chi connectivity index (χ1v) is 9.78. The summed E-state index contributed by atoms with van der Waals surface area (Å²) in [6.07, 6.45) is 3.76. The highest BCUT2D eigenvalue weighted by molar-refractivity contribution is 7.10. The summed E-state index contributed by atoms with van der Waals surface area (Å²) < 4.78 is 0. The van der Waals surface area contributed by atoms with E-state index in [-0.39, 0.29) is 5.91 Å². The van der Waals surface area contributed by atoms with Crippen molar-refractivity contribution >= 4 is 22.9 Å². The number of amides is 1. The van der Waals surface area contributed by atoms with Gasteiger partial charge in [0.25, 0.3) is 5.91 Å². The Bertz CT molecular complexity index is 763. The molecule has 0 saturated heterocycles. The second kappa shape index (κ2) is 6.34. The van der Waals surface area contributed by atoms with E-state index in [2.05, 4.69) is 42.7 Å². The summed E-state index contributed by atoms with van der Waals surface area (Å²) in [5.41, 5.74) is 4.91. The van der Waals surface area contributed by atoms with Crippen molar-refractivity contribution in [2.24, 2.45) is 5.92 Å². The molecule has 1 aromatic heterocycles. The largest absolute Gasteiger partial charge is 0.321 e. The number of carbonyl (C=O) groups is 1. The SMILES string of the molecule is Cc1ccc(NC(=O)C[NH+]2CCc3sccc3[C@@H]2C2CC2)cc1C. The van der Waals surface area contributed by atoms with Crippen LogP contribution in [0.1, 0.15) is 40.5 Å². The monoisotopic (exact) mass is 341 g/mol. The zero-order chi connectivity index (χ0) is 16.7. The van der Waals surface area contributed by atoms with Crippen LogP contribution in [0.3, 0.4) is 0 Å². The number of hydrogen-bond acceptors (Lipinski definition) is 2. The molecule has 126 valence electrons. The summed E-state index contributed by atoms with van der Waals surface area (Å²) >= 11 is 1.89. The van der Waals surface area contributed by atoms with Crippen LogP contribution in [-0.4, -0.2) is 19.0 Å². The lowest BCUT2D eigenvalue weighted by atomic mass is 9.96. The average molecular weight is 342 g/mol. The van der Waals surface area contributed by atoms with Gasteiger partial charge >= 0.3 is 0 Å². The third-order valence-electron chi connectivity index (χ3n) is 5.50. The van der Waals surface area contributed by atoms with Gasteiger partial charge in [-0.3, -0.25) is 4.79 Å². The van der Waals surface area contributed by atoms with Crippen molar-refractivity contribution in [2.45, 2.75) is 39.2 Å². The molecule has 1 aliphatic heterocycles. The number of thiophene rings is 1. The van der Waals surface area contributed by atoms with Gasteiger partial charge in [0.2, 0.25) is 0 Å². The fraction of sp³-hybridized carbons (Fsp3) is 0.450. The number of rotatable bonds is 4. The number of hydrogen-bond donors (Lipinski definition) is 2. The molecule has 24 heavy (non-hydrogen) atoms. The van der Waals surface area contributed by atoms with Gasteiger partial charge < -0.3 is 10.2 Å². The maximum absolute atomic E-state index is 12.6. The predicted octanol–water partition coefficient (Wildman–Crippen LogP) is 2.90. The first kappa shape index (κ1) is 15.9. The van der Waals surface area contributed by atoms with Crippen LogP contribution in [0.5, 0.6) is 0 Å². The molecule has 0 bridgehead atoms. The molecule has 2 heterocycles. The summed E-state index contributed by atoms with van der Waals surface area (Å²) in [5.74, 6) is 0.917. The standard InChI is InChI=1S/C20H24N2OS/c1-13-3-6-16(11-14(13)2)21-19(23)12-22-9-7-18-17(8-10-24-18)20(22)15-4-5-15/h3,6,8,10-11,15,20H,4-5,7,9,12H2,1-2H3,(H,21,23)/p+1/t20-/m0/s1. The normalized spacial score (nSPS) is 22.9. The van der Waals surface area contributed by atoms with E-state index in [9.17, 15) is 4.79 Å². The minimum atomic E-state index is 0.137. The van der Waals surface area contributed by atoms with E-state index in [1.165, 1.54) is 34.4 Å². The van der Waals surface area contributed by atoms with Gasteiger partial charge in [-0.15, -0.1) is 11.3 Å². The highest BCUT2D eigenvalue weighted by Crippen LogP contribution is 2.42. The minimum Gasteiger partial charge on any atom is -0.321 e. The van der Waals surface area contributed by atoms with Crippen LogP contribution in [0.2, 0.25) is 0 Å². The van der Waals surface area contributed by atoms with Gasteiger partial charge in [0, 0.05) is 28.5 Å². The molecule has 2 N–H and O–H groups in total. The summed E-state index contributed by atoms with van der Waals surface area (Å²) in [5, 5.41) is 5.32. The Kier molecular flexibility index (Phi) is 4.19. The number of aryl methyl sites for hydroxylation is 2. The lowest BCUT2D eigenvalue weighted by Gasteiger charge is -2.32. The van der Waals surface area contributed by atoms with E-state index in [4.69, 9.17) is 0 Å². The van der Waals surface area contributed by atoms with E-state index in [0.717, 1.165) is 24.6 Å². The zero-order valence-electron chi connectivity index (χ0n) is 14.4. The molecule has 2 atom stereocenters. The summed E-state index contributed by atoms with van der Waals surface area (Å²) in [6, 6.07) is 8.97. The average Bonchev–Trinajstić information content (AvgIpc) is 3.27. The molecule has 1 aromatic carbocycles. The maximum Gasteiger partial charge on any atom is 0.279 e. The Morgan fingerprint density at radius 3 is 2.83 bits per heavy atom.